The van der Waals surface area contributed by atoms with Gasteiger partial charge in [-0.1, -0.05) is 12.2 Å². The Kier molecular flexibility index (Phi) is 1.58. The molecule has 0 amide bonds. The smallest absolute Gasteiger partial charge is 0.313 e. The fraction of sp³-hybridized carbons (Fsp3) is 0.600. The lowest BCUT2D eigenvalue weighted by molar-refractivity contribution is -0.139. The van der Waals surface area contributed by atoms with Gasteiger partial charge in [0.05, 0.1) is 12.5 Å². The Morgan fingerprint density at radius 1 is 1.88 bits per heavy atom. The molecule has 44 valence electrons. The van der Waals surface area contributed by atoms with Gasteiger partial charge in [-0.2, -0.15) is 0 Å². The first-order valence-corrected chi connectivity index (χ1v) is 2.93. The van der Waals surface area contributed by atoms with Crippen LogP contribution in [0.2, 0.25) is 0 Å². The van der Waals surface area contributed by atoms with E-state index in [1.54, 1.807) is 0 Å². The van der Waals surface area contributed by atoms with Crippen LogP contribution >= 0.6 is 12.2 Å². The molecule has 1 rings (SSSR count). The molecule has 0 aliphatic carbocycles. The molecule has 1 atom stereocenters. The minimum atomic E-state index is -0.167. The summed E-state index contributed by atoms with van der Waals surface area (Å²) in [5.41, 5.74) is 0. The summed E-state index contributed by atoms with van der Waals surface area (Å²) < 4.78 is 4.62. The molecule has 1 aliphatic rings. The van der Waals surface area contributed by atoms with Crippen molar-refractivity contribution in [1.82, 2.24) is 0 Å². The number of hydrogen-bond donors (Lipinski definition) is 0. The number of carbonyl (C=O) groups is 1. The second-order valence-corrected chi connectivity index (χ2v) is 1.97. The summed E-state index contributed by atoms with van der Waals surface area (Å²) >= 11 is 4.56. The van der Waals surface area contributed by atoms with Gasteiger partial charge in [-0.3, -0.25) is 4.79 Å². The quantitative estimate of drug-likeness (QED) is 0.383. The molecule has 0 aromatic rings. The Morgan fingerprint density at radius 2 is 2.62 bits per heavy atom. The molecule has 8 heavy (non-hydrogen) atoms. The molecule has 0 radical (unpaired) electrons. The molecule has 0 bridgehead atoms. The third-order valence-electron chi connectivity index (χ3n) is 1.14. The van der Waals surface area contributed by atoms with Gasteiger partial charge in [0.1, 0.15) is 0 Å². The lowest BCUT2D eigenvalue weighted by atomic mass is 10.1. The predicted octanol–water partition coefficient (Wildman–Crippen LogP) is 0.549. The molecule has 1 unspecified atom stereocenters. The maximum Gasteiger partial charge on any atom is 0.313 e. The van der Waals surface area contributed by atoms with Gasteiger partial charge < -0.3 is 4.74 Å². The van der Waals surface area contributed by atoms with Gasteiger partial charge >= 0.3 is 5.97 Å². The van der Waals surface area contributed by atoms with Gasteiger partial charge in [-0.15, -0.1) is 0 Å². The molecule has 3 heteroatoms. The number of hydrogen-bond acceptors (Lipinski definition) is 3. The van der Waals surface area contributed by atoms with E-state index in [0.717, 1.165) is 6.42 Å². The molecule has 1 fully saturated rings. The third-order valence-corrected chi connectivity index (χ3v) is 1.47. The van der Waals surface area contributed by atoms with Crippen molar-refractivity contribution < 1.29 is 9.53 Å². The van der Waals surface area contributed by atoms with Crippen LogP contribution in [0.15, 0.2) is 0 Å². The minimum Gasteiger partial charge on any atom is -0.465 e. The van der Waals surface area contributed by atoms with Gasteiger partial charge in [0, 0.05) is 0 Å². The van der Waals surface area contributed by atoms with Crippen LogP contribution in [0.4, 0.5) is 0 Å². The Labute approximate surface area is 52.8 Å². The van der Waals surface area contributed by atoms with Gasteiger partial charge in [-0.05, 0) is 11.8 Å². The molecule has 1 aliphatic heterocycles. The largest absolute Gasteiger partial charge is 0.465 e. The zero-order chi connectivity index (χ0) is 5.98. The molecule has 0 saturated carbocycles. The van der Waals surface area contributed by atoms with Crippen molar-refractivity contribution in [2.45, 2.75) is 6.42 Å². The first-order valence-electron chi connectivity index (χ1n) is 2.46. The topological polar surface area (TPSA) is 26.3 Å². The summed E-state index contributed by atoms with van der Waals surface area (Å²) in [4.78, 5) is 10.5. The first kappa shape index (κ1) is 5.69. The van der Waals surface area contributed by atoms with Crippen molar-refractivity contribution >= 4 is 23.6 Å². The van der Waals surface area contributed by atoms with Crippen LogP contribution in [-0.2, 0) is 9.53 Å². The molecule has 0 aromatic heterocycles. The average Bonchev–Trinajstić information content (AvgIpc) is 2.14. The highest BCUT2D eigenvalue weighted by atomic mass is 32.1. The Hall–Kier alpha value is -0.440. The highest BCUT2D eigenvalue weighted by Crippen LogP contribution is 2.10. The fourth-order valence-electron chi connectivity index (χ4n) is 0.635. The Morgan fingerprint density at radius 3 is 2.88 bits per heavy atom. The summed E-state index contributed by atoms with van der Waals surface area (Å²) in [7, 11) is 0. The zero-order valence-electron chi connectivity index (χ0n) is 4.29. The van der Waals surface area contributed by atoms with Crippen LogP contribution in [0.5, 0.6) is 0 Å². The fourth-order valence-corrected chi connectivity index (χ4v) is 0.882. The Balaban J connectivity index is 2.54. The van der Waals surface area contributed by atoms with Crippen LogP contribution in [0.1, 0.15) is 6.42 Å². The maximum absolute atomic E-state index is 10.5. The zero-order valence-corrected chi connectivity index (χ0v) is 5.11. The van der Waals surface area contributed by atoms with E-state index >= 15 is 0 Å². The Bertz CT molecular complexity index is 122. The van der Waals surface area contributed by atoms with Gasteiger partial charge in [0.15, 0.2) is 0 Å². The summed E-state index contributed by atoms with van der Waals surface area (Å²) in [6.45, 7) is 0.538. The highest BCUT2D eigenvalue weighted by molar-refractivity contribution is 7.79. The summed E-state index contributed by atoms with van der Waals surface area (Å²) in [6.07, 6.45) is 0.766. The average molecular weight is 130 g/mol. The van der Waals surface area contributed by atoms with Crippen molar-refractivity contribution in [3.05, 3.63) is 0 Å². The molecule has 0 N–H and O–H groups in total. The van der Waals surface area contributed by atoms with E-state index in [-0.39, 0.29) is 11.9 Å². The second-order valence-electron chi connectivity index (χ2n) is 1.70. The summed E-state index contributed by atoms with van der Waals surface area (Å²) in [6, 6.07) is 0. The number of thiocarbonyl (C=S) groups is 1. The lowest BCUT2D eigenvalue weighted by Gasteiger charge is -1.90. The van der Waals surface area contributed by atoms with Crippen molar-refractivity contribution in [3.8, 4) is 0 Å². The van der Waals surface area contributed by atoms with Crippen LogP contribution < -0.4 is 0 Å². The van der Waals surface area contributed by atoms with Gasteiger partial charge in [0.25, 0.3) is 0 Å². The number of cyclic esters (lactones) is 1. The lowest BCUT2D eigenvalue weighted by Crippen LogP contribution is -2.06. The van der Waals surface area contributed by atoms with Crippen molar-refractivity contribution in [2.24, 2.45) is 5.92 Å². The molecule has 2 nitrogen and oxygen atoms in total. The molecule has 0 spiro atoms. The van der Waals surface area contributed by atoms with Crippen LogP contribution in [0.3, 0.4) is 0 Å². The standard InChI is InChI=1S/C5H6O2S/c6-5-4(3-8)1-2-7-5/h3-4H,1-2H2. The molecule has 1 heterocycles. The molecular formula is C5H6O2S. The predicted molar refractivity (Wildman–Crippen MR) is 32.7 cm³/mol. The monoisotopic (exact) mass is 130 g/mol. The van der Waals surface area contributed by atoms with E-state index in [1.807, 2.05) is 0 Å². The van der Waals surface area contributed by atoms with E-state index in [1.165, 1.54) is 5.37 Å². The van der Waals surface area contributed by atoms with Crippen molar-refractivity contribution in [3.63, 3.8) is 0 Å². The normalized spacial score (nSPS) is 27.5. The van der Waals surface area contributed by atoms with Crippen molar-refractivity contribution in [1.29, 1.82) is 0 Å². The van der Waals surface area contributed by atoms with E-state index < -0.39 is 0 Å². The SMILES string of the molecule is O=C1OCCC1C=S. The van der Waals surface area contributed by atoms with E-state index in [2.05, 4.69) is 17.0 Å². The maximum atomic E-state index is 10.5. The van der Waals surface area contributed by atoms with Gasteiger partial charge in [0.2, 0.25) is 0 Å². The third kappa shape index (κ3) is 0.865. The number of esters is 1. The second kappa shape index (κ2) is 2.22. The summed E-state index contributed by atoms with van der Waals surface area (Å²) in [5.74, 6) is -0.273. The van der Waals surface area contributed by atoms with E-state index in [0.29, 0.717) is 6.61 Å². The number of carbonyl (C=O) groups excluding carboxylic acids is 1. The minimum absolute atomic E-state index is 0.106. The van der Waals surface area contributed by atoms with Crippen molar-refractivity contribution in [2.75, 3.05) is 6.61 Å². The molecule has 0 aromatic carbocycles. The van der Waals surface area contributed by atoms with Crippen LogP contribution in [0.25, 0.3) is 0 Å². The molecular weight excluding hydrogens is 124 g/mol. The first-order chi connectivity index (χ1) is 3.84. The summed E-state index contributed by atoms with van der Waals surface area (Å²) in [5, 5.41) is 1.47. The van der Waals surface area contributed by atoms with Crippen LogP contribution in [0, 0.1) is 5.92 Å². The van der Waals surface area contributed by atoms with Crippen LogP contribution in [-0.4, -0.2) is 17.9 Å². The van der Waals surface area contributed by atoms with E-state index in [4.69, 9.17) is 0 Å². The highest BCUT2D eigenvalue weighted by Gasteiger charge is 2.23. The number of rotatable bonds is 1. The van der Waals surface area contributed by atoms with E-state index in [9.17, 15) is 4.79 Å². The molecule has 1 saturated heterocycles. The van der Waals surface area contributed by atoms with Gasteiger partial charge in [-0.25, -0.2) is 0 Å². The number of ether oxygens (including phenoxy) is 1.